The third-order valence-electron chi connectivity index (χ3n) is 5.00. The molecule has 4 rings (SSSR count). The van der Waals surface area contributed by atoms with Gasteiger partial charge < -0.3 is 9.84 Å². The monoisotopic (exact) mass is 426 g/mol. The van der Waals surface area contributed by atoms with Crippen LogP contribution in [-0.2, 0) is 16.6 Å². The van der Waals surface area contributed by atoms with Crippen molar-refractivity contribution < 1.29 is 17.7 Å². The van der Waals surface area contributed by atoms with Gasteiger partial charge in [-0.25, -0.2) is 8.42 Å². The van der Waals surface area contributed by atoms with E-state index in [1.54, 1.807) is 36.4 Å². The average Bonchev–Trinajstić information content (AvgIpc) is 3.45. The molecular weight excluding hydrogens is 404 g/mol. The third-order valence-corrected chi connectivity index (χ3v) is 6.91. The molecule has 1 N–H and O–H groups in total. The summed E-state index contributed by atoms with van der Waals surface area (Å²) in [5.41, 5.74) is 2.26. The van der Waals surface area contributed by atoms with Gasteiger partial charge in [-0.15, -0.1) is 0 Å². The molecule has 2 aromatic carbocycles. The van der Waals surface area contributed by atoms with Crippen molar-refractivity contribution in [1.82, 2.24) is 19.8 Å². The van der Waals surface area contributed by atoms with Gasteiger partial charge in [0.15, 0.2) is 0 Å². The molecule has 0 spiro atoms. The summed E-state index contributed by atoms with van der Waals surface area (Å²) in [5, 5.41) is 6.66. The quantitative estimate of drug-likeness (QED) is 0.650. The van der Waals surface area contributed by atoms with Crippen molar-refractivity contribution in [1.29, 1.82) is 0 Å². The van der Waals surface area contributed by atoms with Crippen LogP contribution in [0.2, 0.25) is 0 Å². The fourth-order valence-corrected chi connectivity index (χ4v) is 4.78. The van der Waals surface area contributed by atoms with Crippen molar-refractivity contribution in [3.05, 3.63) is 65.5 Å². The van der Waals surface area contributed by atoms with Gasteiger partial charge in [0.1, 0.15) is 0 Å². The minimum absolute atomic E-state index is 0.0983. The zero-order chi connectivity index (χ0) is 21.1. The van der Waals surface area contributed by atoms with Gasteiger partial charge in [-0.3, -0.25) is 4.79 Å². The van der Waals surface area contributed by atoms with Crippen molar-refractivity contribution in [2.75, 3.05) is 13.1 Å². The van der Waals surface area contributed by atoms with Crippen LogP contribution < -0.4 is 5.32 Å². The Morgan fingerprint density at radius 2 is 1.73 bits per heavy atom. The molecule has 8 nitrogen and oxygen atoms in total. The Labute approximate surface area is 175 Å². The van der Waals surface area contributed by atoms with E-state index in [1.807, 2.05) is 19.1 Å². The highest BCUT2D eigenvalue weighted by atomic mass is 32.2. The van der Waals surface area contributed by atoms with Crippen LogP contribution in [0.25, 0.3) is 11.4 Å². The normalized spacial score (nSPS) is 14.7. The van der Waals surface area contributed by atoms with Crippen LogP contribution in [0.1, 0.15) is 34.7 Å². The third kappa shape index (κ3) is 4.27. The number of sulfonamides is 1. The lowest BCUT2D eigenvalue weighted by Crippen LogP contribution is -2.27. The summed E-state index contributed by atoms with van der Waals surface area (Å²) in [6, 6.07) is 13.7. The van der Waals surface area contributed by atoms with Crippen LogP contribution in [-0.4, -0.2) is 41.9 Å². The summed E-state index contributed by atoms with van der Waals surface area (Å²) in [4.78, 5) is 16.7. The fourth-order valence-electron chi connectivity index (χ4n) is 3.26. The summed E-state index contributed by atoms with van der Waals surface area (Å²) in [7, 11) is -3.46. The van der Waals surface area contributed by atoms with Crippen LogP contribution in [0.5, 0.6) is 0 Å². The lowest BCUT2D eigenvalue weighted by Gasteiger charge is -2.15. The van der Waals surface area contributed by atoms with Gasteiger partial charge in [0.25, 0.3) is 5.91 Å². The van der Waals surface area contributed by atoms with Gasteiger partial charge in [-0.1, -0.05) is 22.9 Å². The van der Waals surface area contributed by atoms with Crippen molar-refractivity contribution in [2.45, 2.75) is 31.2 Å². The smallest absolute Gasteiger partial charge is 0.251 e. The highest BCUT2D eigenvalue weighted by Gasteiger charge is 2.27. The minimum atomic E-state index is -3.46. The predicted octanol–water partition coefficient (Wildman–Crippen LogP) is 2.76. The molecule has 0 atom stereocenters. The van der Waals surface area contributed by atoms with Gasteiger partial charge in [0.05, 0.1) is 11.4 Å². The van der Waals surface area contributed by atoms with E-state index in [1.165, 1.54) is 4.31 Å². The second-order valence-electron chi connectivity index (χ2n) is 7.20. The first-order valence-electron chi connectivity index (χ1n) is 9.71. The summed E-state index contributed by atoms with van der Waals surface area (Å²) in [5.74, 6) is 0.366. The van der Waals surface area contributed by atoms with Crippen LogP contribution in [0.3, 0.4) is 0 Å². The zero-order valence-electron chi connectivity index (χ0n) is 16.5. The zero-order valence-corrected chi connectivity index (χ0v) is 17.4. The molecule has 0 saturated carbocycles. The number of carbonyl (C=O) groups excluding carboxylic acids is 1. The molecule has 1 aliphatic rings. The maximum absolute atomic E-state index is 12.6. The van der Waals surface area contributed by atoms with Crippen LogP contribution in [0.4, 0.5) is 0 Å². The fraction of sp³-hybridized carbons (Fsp3) is 0.286. The molecule has 1 aromatic heterocycles. The van der Waals surface area contributed by atoms with Crippen molar-refractivity contribution >= 4 is 15.9 Å². The number of hydrogen-bond donors (Lipinski definition) is 1. The van der Waals surface area contributed by atoms with E-state index < -0.39 is 10.0 Å². The molecule has 1 amide bonds. The van der Waals surface area contributed by atoms with E-state index in [9.17, 15) is 13.2 Å². The van der Waals surface area contributed by atoms with E-state index in [4.69, 9.17) is 4.52 Å². The lowest BCUT2D eigenvalue weighted by atomic mass is 10.1. The van der Waals surface area contributed by atoms with Crippen LogP contribution >= 0.6 is 0 Å². The van der Waals surface area contributed by atoms with E-state index in [2.05, 4.69) is 15.5 Å². The van der Waals surface area contributed by atoms with Crippen molar-refractivity contribution in [3.63, 3.8) is 0 Å². The molecule has 2 heterocycles. The van der Waals surface area contributed by atoms with Crippen LogP contribution in [0, 0.1) is 6.92 Å². The molecule has 30 heavy (non-hydrogen) atoms. The Morgan fingerprint density at radius 3 is 2.40 bits per heavy atom. The first-order chi connectivity index (χ1) is 14.4. The van der Waals surface area contributed by atoms with Crippen LogP contribution in [0.15, 0.2) is 57.9 Å². The van der Waals surface area contributed by atoms with Crippen molar-refractivity contribution in [3.8, 4) is 11.4 Å². The number of nitrogens with zero attached hydrogens (tertiary/aromatic N) is 3. The number of rotatable bonds is 6. The Morgan fingerprint density at radius 1 is 1.07 bits per heavy atom. The maximum Gasteiger partial charge on any atom is 0.251 e. The Hall–Kier alpha value is -3.04. The predicted molar refractivity (Wildman–Crippen MR) is 110 cm³/mol. The summed E-state index contributed by atoms with van der Waals surface area (Å²) in [6.07, 6.45) is 1.78. The van der Waals surface area contributed by atoms with Crippen molar-refractivity contribution in [2.24, 2.45) is 0 Å². The number of nitrogens with one attached hydrogen (secondary N) is 1. The molecule has 0 bridgehead atoms. The van der Waals surface area contributed by atoms with Gasteiger partial charge in [-0.2, -0.15) is 9.29 Å². The van der Waals surface area contributed by atoms with E-state index >= 15 is 0 Å². The summed E-state index contributed by atoms with van der Waals surface area (Å²) in [6.45, 7) is 3.18. The molecule has 0 aliphatic carbocycles. The largest absolute Gasteiger partial charge is 0.343 e. The molecular formula is C21H22N4O4S. The maximum atomic E-state index is 12.6. The Balaban J connectivity index is 1.41. The number of aryl methyl sites for hydroxylation is 1. The number of hydrogen-bond acceptors (Lipinski definition) is 6. The Kier molecular flexibility index (Phi) is 5.65. The first kappa shape index (κ1) is 20.2. The van der Waals surface area contributed by atoms with E-state index in [-0.39, 0.29) is 23.2 Å². The number of amides is 1. The Bertz CT molecular complexity index is 1130. The summed E-state index contributed by atoms with van der Waals surface area (Å²) < 4.78 is 31.9. The number of aromatic nitrogens is 2. The molecule has 0 unspecified atom stereocenters. The average molecular weight is 426 g/mol. The molecule has 156 valence electrons. The highest BCUT2D eigenvalue weighted by Crippen LogP contribution is 2.23. The van der Waals surface area contributed by atoms with Gasteiger partial charge >= 0.3 is 0 Å². The lowest BCUT2D eigenvalue weighted by molar-refractivity contribution is 0.0946. The standard InChI is InChI=1S/C21H22N4O4S/c1-15-4-6-17(7-5-15)21(26)22-14-19-23-20(24-29-19)16-8-10-18(11-9-16)30(27,28)25-12-2-3-13-25/h4-11H,2-3,12-14H2,1H3,(H,22,26). The second-order valence-corrected chi connectivity index (χ2v) is 9.13. The molecule has 1 fully saturated rings. The minimum Gasteiger partial charge on any atom is -0.343 e. The number of benzene rings is 2. The molecule has 3 aromatic rings. The summed E-state index contributed by atoms with van der Waals surface area (Å²) >= 11 is 0. The van der Waals surface area contributed by atoms with Gasteiger partial charge in [0, 0.05) is 24.2 Å². The van der Waals surface area contributed by atoms with Gasteiger partial charge in [0.2, 0.25) is 21.7 Å². The van der Waals surface area contributed by atoms with E-state index in [0.717, 1.165) is 18.4 Å². The topological polar surface area (TPSA) is 105 Å². The first-order valence-corrected chi connectivity index (χ1v) is 11.2. The number of carbonyl (C=O) groups is 1. The van der Waals surface area contributed by atoms with Gasteiger partial charge in [-0.05, 0) is 56.2 Å². The van der Waals surface area contributed by atoms with E-state index in [0.29, 0.717) is 30.0 Å². The second kappa shape index (κ2) is 8.37. The molecule has 1 saturated heterocycles. The highest BCUT2D eigenvalue weighted by molar-refractivity contribution is 7.89. The molecule has 1 aliphatic heterocycles. The molecule has 0 radical (unpaired) electrons. The SMILES string of the molecule is Cc1ccc(C(=O)NCc2nc(-c3ccc(S(=O)(=O)N4CCCC4)cc3)no2)cc1. The molecule has 9 heteroatoms.